The molecule has 0 aliphatic carbocycles. The summed E-state index contributed by atoms with van der Waals surface area (Å²) < 4.78 is 8.23. The Bertz CT molecular complexity index is 1350. The Balaban J connectivity index is 1.65. The van der Waals surface area contributed by atoms with E-state index in [0.29, 0.717) is 23.2 Å². The van der Waals surface area contributed by atoms with Crippen LogP contribution in [0.1, 0.15) is 16.7 Å². The molecule has 5 heteroatoms. The number of ether oxygens (including phenoxy) is 1. The lowest BCUT2D eigenvalue weighted by Gasteiger charge is -2.23. The zero-order valence-electron chi connectivity index (χ0n) is 17.5. The van der Waals surface area contributed by atoms with Crippen LogP contribution in [-0.4, -0.2) is 21.9 Å². The first-order chi connectivity index (χ1) is 15.1. The highest BCUT2D eigenvalue weighted by Crippen LogP contribution is 2.35. The molecule has 0 amide bonds. The van der Waals surface area contributed by atoms with E-state index >= 15 is 0 Å². The van der Waals surface area contributed by atoms with Gasteiger partial charge in [0.15, 0.2) is 5.43 Å². The molecule has 0 saturated heterocycles. The second-order valence-corrected chi connectivity index (χ2v) is 8.72. The molecule has 154 valence electrons. The van der Waals surface area contributed by atoms with Crippen LogP contribution in [-0.2, 0) is 0 Å². The van der Waals surface area contributed by atoms with E-state index in [9.17, 15) is 4.79 Å². The van der Waals surface area contributed by atoms with E-state index in [4.69, 9.17) is 4.74 Å². The van der Waals surface area contributed by atoms with Crippen molar-refractivity contribution in [1.82, 2.24) is 9.55 Å². The minimum atomic E-state index is 0.00718. The van der Waals surface area contributed by atoms with Crippen molar-refractivity contribution in [2.75, 3.05) is 12.4 Å². The van der Waals surface area contributed by atoms with E-state index in [1.807, 2.05) is 54.6 Å². The zero-order chi connectivity index (χ0) is 21.4. The second kappa shape index (κ2) is 8.08. The Hall–Kier alpha value is -3.31. The number of thioether (sulfide) groups is 1. The van der Waals surface area contributed by atoms with Crippen LogP contribution >= 0.6 is 11.8 Å². The normalized spacial score (nSPS) is 13.0. The lowest BCUT2D eigenvalue weighted by Crippen LogP contribution is -2.21. The average Bonchev–Trinajstić information content (AvgIpc) is 2.78. The predicted molar refractivity (Wildman–Crippen MR) is 127 cm³/mol. The first kappa shape index (κ1) is 19.6. The summed E-state index contributed by atoms with van der Waals surface area (Å²) in [6, 6.07) is 19.9. The van der Waals surface area contributed by atoms with E-state index in [1.54, 1.807) is 18.0 Å². The van der Waals surface area contributed by atoms with Gasteiger partial charge in [0.05, 0.1) is 16.0 Å². The van der Waals surface area contributed by atoms with Crippen LogP contribution in [0, 0.1) is 13.8 Å². The van der Waals surface area contributed by atoms with Crippen LogP contribution in [0.3, 0.4) is 0 Å². The van der Waals surface area contributed by atoms with E-state index < -0.39 is 0 Å². The fraction of sp³-hybridized carbons (Fsp3) is 0.154. The average molecular weight is 427 g/mol. The van der Waals surface area contributed by atoms with Crippen molar-refractivity contribution in [2.45, 2.75) is 18.9 Å². The molecule has 4 aromatic rings. The molecule has 31 heavy (non-hydrogen) atoms. The van der Waals surface area contributed by atoms with Crippen LogP contribution in [0.4, 0.5) is 0 Å². The Morgan fingerprint density at radius 2 is 1.81 bits per heavy atom. The van der Waals surface area contributed by atoms with Gasteiger partial charge in [-0.2, -0.15) is 0 Å². The van der Waals surface area contributed by atoms with E-state index in [-0.39, 0.29) is 5.43 Å². The molecule has 0 N–H and O–H groups in total. The van der Waals surface area contributed by atoms with Gasteiger partial charge in [0.2, 0.25) is 0 Å². The number of hydrogen-bond donors (Lipinski definition) is 0. The highest BCUT2D eigenvalue weighted by atomic mass is 32.2. The smallest absolute Gasteiger partial charge is 0.199 e. The first-order valence-corrected chi connectivity index (χ1v) is 11.2. The topological polar surface area (TPSA) is 44.1 Å². The number of nitrogens with zero attached hydrogens (tertiary/aromatic N) is 2. The molecule has 0 bridgehead atoms. The maximum absolute atomic E-state index is 13.5. The van der Waals surface area contributed by atoms with Crippen molar-refractivity contribution in [3.05, 3.63) is 99.9 Å². The maximum atomic E-state index is 13.5. The van der Waals surface area contributed by atoms with Gasteiger partial charge in [-0.15, -0.1) is 11.8 Å². The molecule has 0 unspecified atom stereocenters. The third kappa shape index (κ3) is 3.66. The van der Waals surface area contributed by atoms with Gasteiger partial charge in [0, 0.05) is 17.6 Å². The molecule has 5 rings (SSSR count). The number of benzene rings is 2. The number of pyridine rings is 2. The summed E-state index contributed by atoms with van der Waals surface area (Å²) in [5.74, 6) is 1.60. The molecule has 2 aromatic carbocycles. The van der Waals surface area contributed by atoms with Crippen molar-refractivity contribution < 1.29 is 4.74 Å². The molecule has 0 spiro atoms. The van der Waals surface area contributed by atoms with Crippen molar-refractivity contribution in [3.8, 4) is 11.4 Å². The fourth-order valence-electron chi connectivity index (χ4n) is 4.06. The molecule has 0 saturated carbocycles. The minimum Gasteiger partial charge on any atom is -0.489 e. The van der Waals surface area contributed by atoms with Crippen molar-refractivity contribution in [1.29, 1.82) is 0 Å². The number of aryl methyl sites for hydroxylation is 2. The Kier molecular flexibility index (Phi) is 5.12. The zero-order valence-corrected chi connectivity index (χ0v) is 18.3. The minimum absolute atomic E-state index is 0.00718. The van der Waals surface area contributed by atoms with Crippen molar-refractivity contribution >= 4 is 28.4 Å². The molecule has 0 fully saturated rings. The highest BCUT2D eigenvalue weighted by Gasteiger charge is 2.24. The van der Waals surface area contributed by atoms with Gasteiger partial charge in [-0.1, -0.05) is 30.3 Å². The van der Waals surface area contributed by atoms with Crippen molar-refractivity contribution in [3.63, 3.8) is 0 Å². The van der Waals surface area contributed by atoms with E-state index in [2.05, 4.69) is 35.5 Å². The van der Waals surface area contributed by atoms with Crippen LogP contribution in [0.15, 0.2) is 82.8 Å². The molecule has 0 atom stereocenters. The van der Waals surface area contributed by atoms with E-state index in [0.717, 1.165) is 38.9 Å². The van der Waals surface area contributed by atoms with Gasteiger partial charge in [0.25, 0.3) is 0 Å². The summed E-state index contributed by atoms with van der Waals surface area (Å²) in [5.41, 5.74) is 5.64. The summed E-state index contributed by atoms with van der Waals surface area (Å²) in [4.78, 5) is 18.1. The van der Waals surface area contributed by atoms with Gasteiger partial charge in [-0.3, -0.25) is 9.36 Å². The second-order valence-electron chi connectivity index (χ2n) is 7.71. The van der Waals surface area contributed by atoms with E-state index in [1.165, 1.54) is 0 Å². The van der Waals surface area contributed by atoms with Crippen LogP contribution < -0.4 is 10.2 Å². The SMILES string of the molecule is Cc1cc(C)cc(OCC2=CCSc3c2c(=O)c2cccnc2n3-c2ccccc2)c1. The number of aromatic nitrogens is 2. The lowest BCUT2D eigenvalue weighted by molar-refractivity contribution is 0.368. The summed E-state index contributed by atoms with van der Waals surface area (Å²) in [7, 11) is 0. The maximum Gasteiger partial charge on any atom is 0.199 e. The standard InChI is InChI=1S/C26H22N2O2S/c1-17-13-18(2)15-21(14-17)30-16-19-10-12-31-26-23(19)24(29)22-9-6-11-27-25(22)28(26)20-7-4-3-5-8-20/h3-11,13-15H,12,16H2,1-2H3. The Labute approximate surface area is 185 Å². The lowest BCUT2D eigenvalue weighted by atomic mass is 10.0. The summed E-state index contributed by atoms with van der Waals surface area (Å²) in [6.45, 7) is 4.47. The molecule has 4 nitrogen and oxygen atoms in total. The van der Waals surface area contributed by atoms with Gasteiger partial charge in [0.1, 0.15) is 18.0 Å². The van der Waals surface area contributed by atoms with Gasteiger partial charge >= 0.3 is 0 Å². The first-order valence-electron chi connectivity index (χ1n) is 10.2. The summed E-state index contributed by atoms with van der Waals surface area (Å²) in [6.07, 6.45) is 3.84. The third-order valence-electron chi connectivity index (χ3n) is 5.36. The molecule has 2 aromatic heterocycles. The van der Waals surface area contributed by atoms with Gasteiger partial charge in [-0.25, -0.2) is 4.98 Å². The summed E-state index contributed by atoms with van der Waals surface area (Å²) >= 11 is 1.66. The third-order valence-corrected chi connectivity index (χ3v) is 6.36. The fourth-order valence-corrected chi connectivity index (χ4v) is 5.19. The molecule has 1 aliphatic rings. The monoisotopic (exact) mass is 426 g/mol. The molecular weight excluding hydrogens is 404 g/mol. The van der Waals surface area contributed by atoms with Crippen LogP contribution in [0.5, 0.6) is 5.75 Å². The number of para-hydroxylation sites is 1. The predicted octanol–water partition coefficient (Wildman–Crippen LogP) is 5.57. The van der Waals surface area contributed by atoms with Gasteiger partial charge < -0.3 is 4.74 Å². The van der Waals surface area contributed by atoms with Crippen LogP contribution in [0.25, 0.3) is 22.3 Å². The van der Waals surface area contributed by atoms with Crippen LogP contribution in [0.2, 0.25) is 0 Å². The Morgan fingerprint density at radius 3 is 2.58 bits per heavy atom. The number of fused-ring (bicyclic) bond motifs is 2. The largest absolute Gasteiger partial charge is 0.489 e. The molecule has 3 heterocycles. The highest BCUT2D eigenvalue weighted by molar-refractivity contribution is 7.99. The quantitative estimate of drug-likeness (QED) is 0.428. The number of rotatable bonds is 4. The summed E-state index contributed by atoms with van der Waals surface area (Å²) in [5, 5.41) is 1.54. The molecule has 1 aliphatic heterocycles. The molecule has 0 radical (unpaired) electrons. The van der Waals surface area contributed by atoms with Gasteiger partial charge in [-0.05, 0) is 66.9 Å². The molecular formula is C26H22N2O2S. The van der Waals surface area contributed by atoms with Crippen molar-refractivity contribution in [2.24, 2.45) is 0 Å². The number of hydrogen-bond acceptors (Lipinski definition) is 4. The Morgan fingerprint density at radius 1 is 1.03 bits per heavy atom.